The fourth-order valence-electron chi connectivity index (χ4n) is 0.584. The fraction of sp³-hybridized carbons (Fsp3) is 0.500. The summed E-state index contributed by atoms with van der Waals surface area (Å²) in [5.41, 5.74) is 0. The van der Waals surface area contributed by atoms with Gasteiger partial charge in [-0.2, -0.15) is 0 Å². The predicted octanol–water partition coefficient (Wildman–Crippen LogP) is 1.98. The van der Waals surface area contributed by atoms with Gasteiger partial charge in [-0.25, -0.2) is 0 Å². The monoisotopic (exact) mass is 296 g/mol. The van der Waals surface area contributed by atoms with Crippen LogP contribution in [0.4, 0.5) is 0 Å². The molecule has 6 heavy (non-hydrogen) atoms. The molecule has 0 aromatic carbocycles. The molecule has 1 heterocycles. The van der Waals surface area contributed by atoms with Crippen LogP contribution >= 0.6 is 18.1 Å². The second-order valence-electron chi connectivity index (χ2n) is 1.54. The van der Waals surface area contributed by atoms with E-state index >= 15 is 0 Å². The van der Waals surface area contributed by atoms with E-state index in [2.05, 4.69) is 30.3 Å². The van der Waals surface area contributed by atoms with Gasteiger partial charge in [0.15, 0.2) is 0 Å². The summed E-state index contributed by atoms with van der Waals surface area (Å²) in [5.74, 6) is 0. The summed E-state index contributed by atoms with van der Waals surface area (Å²) < 4.78 is 3.00. The molecule has 0 aromatic heterocycles. The Kier molecular flexibility index (Phi) is 2.37. The predicted molar refractivity (Wildman–Crippen MR) is 38.5 cm³/mol. The van der Waals surface area contributed by atoms with Crippen LogP contribution in [0.3, 0.4) is 0 Å². The Hall–Kier alpha value is 1.34. The normalized spacial score (nSPS) is 19.8. The molecular weight excluding hydrogens is 290 g/mol. The van der Waals surface area contributed by atoms with E-state index in [1.54, 1.807) is 0 Å². The Balaban J connectivity index is 2.32. The van der Waals surface area contributed by atoms with E-state index in [1.165, 1.54) is 8.35 Å². The molecule has 0 bridgehead atoms. The molecule has 0 atom stereocenters. The van der Waals surface area contributed by atoms with Crippen LogP contribution in [0.2, 0.25) is 8.35 Å². The first-order valence-electron chi connectivity index (χ1n) is 2.18. The summed E-state index contributed by atoms with van der Waals surface area (Å²) in [5, 5.41) is 0. The van der Waals surface area contributed by atoms with E-state index in [4.69, 9.17) is 0 Å². The molecule has 1 rings (SSSR count). The Morgan fingerprint density at radius 1 is 1.33 bits per heavy atom. The average molecular weight is 296 g/mol. The molecule has 32 valence electrons. The van der Waals surface area contributed by atoms with Crippen molar-refractivity contribution in [2.75, 3.05) is 0 Å². The molecule has 1 aliphatic heterocycles. The molecule has 0 fully saturated rings. The Bertz CT molecular complexity index is 61.9. The van der Waals surface area contributed by atoms with Gasteiger partial charge in [0, 0.05) is 0 Å². The van der Waals surface area contributed by atoms with Crippen LogP contribution in [-0.2, 0) is 0 Å². The van der Waals surface area contributed by atoms with Crippen molar-refractivity contribution in [3.63, 3.8) is 0 Å². The first-order valence-corrected chi connectivity index (χ1v) is 16.4. The van der Waals surface area contributed by atoms with E-state index in [0.717, 1.165) is 0 Å². The van der Waals surface area contributed by atoms with Crippen LogP contribution in [0.1, 0.15) is 0 Å². The number of halogens is 1. The van der Waals surface area contributed by atoms with Crippen LogP contribution in [0.15, 0.2) is 12.2 Å². The molecule has 0 aromatic rings. The summed E-state index contributed by atoms with van der Waals surface area (Å²) in [6.45, 7) is 0. The zero-order chi connectivity index (χ0) is 4.41. The molecule has 0 amide bonds. The Labute approximate surface area is 55.3 Å². The summed E-state index contributed by atoms with van der Waals surface area (Å²) in [6.07, 6.45) is 4.68. The standard InChI is InChI=1S/C4H6.HI.In/c1-3-4-2;;/h3-4H,1-2H2;1H;/q;;+1/p-1. The summed E-state index contributed by atoms with van der Waals surface area (Å²) in [4.78, 5) is 0. The summed E-state index contributed by atoms with van der Waals surface area (Å²) >= 11 is 1.93. The second-order valence-corrected chi connectivity index (χ2v) is 19.5. The van der Waals surface area contributed by atoms with Gasteiger partial charge in [0.25, 0.3) is 0 Å². The first-order chi connectivity index (χ1) is 2.89. The van der Waals surface area contributed by atoms with Crippen molar-refractivity contribution in [3.8, 4) is 0 Å². The van der Waals surface area contributed by atoms with Crippen molar-refractivity contribution in [2.24, 2.45) is 0 Å². The van der Waals surface area contributed by atoms with Crippen LogP contribution in [0.5, 0.6) is 0 Å². The van der Waals surface area contributed by atoms with Gasteiger partial charge in [-0.3, -0.25) is 0 Å². The van der Waals surface area contributed by atoms with Crippen LogP contribution in [0, 0.1) is 0 Å². The van der Waals surface area contributed by atoms with Crippen LogP contribution < -0.4 is 0 Å². The minimum absolute atomic E-state index is 0.751. The Morgan fingerprint density at radius 2 is 1.83 bits per heavy atom. The van der Waals surface area contributed by atoms with Crippen LogP contribution in [0.25, 0.3) is 0 Å². The van der Waals surface area contributed by atoms with Gasteiger partial charge in [-0.1, -0.05) is 0 Å². The van der Waals surface area contributed by atoms with Gasteiger partial charge < -0.3 is 0 Å². The fourth-order valence-corrected chi connectivity index (χ4v) is 7.86. The zero-order valence-corrected chi connectivity index (χ0v) is 8.98. The summed E-state index contributed by atoms with van der Waals surface area (Å²) in [6, 6.07) is 0. The third-order valence-corrected chi connectivity index (χ3v) is 12.2. The number of allylic oxidation sites excluding steroid dienone is 2. The van der Waals surface area contributed by atoms with Crippen molar-refractivity contribution < 1.29 is 0 Å². The van der Waals surface area contributed by atoms with E-state index in [0.29, 0.717) is 0 Å². The van der Waals surface area contributed by atoms with Gasteiger partial charge in [0.2, 0.25) is 0 Å². The van der Waals surface area contributed by atoms with Gasteiger partial charge in [-0.05, 0) is 0 Å². The van der Waals surface area contributed by atoms with Crippen molar-refractivity contribution in [1.29, 1.82) is 0 Å². The van der Waals surface area contributed by atoms with Gasteiger partial charge in [0.1, 0.15) is 0 Å². The van der Waals surface area contributed by atoms with E-state index in [9.17, 15) is 0 Å². The topological polar surface area (TPSA) is 0 Å². The van der Waals surface area contributed by atoms with E-state index in [-0.39, 0.29) is 0 Å². The Morgan fingerprint density at radius 3 is 2.00 bits per heavy atom. The van der Waals surface area contributed by atoms with Gasteiger partial charge in [-0.15, -0.1) is 0 Å². The zero-order valence-electron chi connectivity index (χ0n) is 3.52. The van der Waals surface area contributed by atoms with Crippen molar-refractivity contribution in [3.05, 3.63) is 12.2 Å². The second kappa shape index (κ2) is 2.60. The molecule has 0 N–H and O–H groups in total. The molecule has 0 nitrogen and oxygen atoms in total. The number of hydrogen-bond acceptors (Lipinski definition) is 0. The third-order valence-electron chi connectivity index (χ3n) is 0.950. The maximum absolute atomic E-state index is 2.68. The molecule has 1 aliphatic rings. The maximum atomic E-state index is 2.68. The van der Waals surface area contributed by atoms with Gasteiger partial charge >= 0.3 is 55.9 Å². The summed E-state index contributed by atoms with van der Waals surface area (Å²) in [7, 11) is 0. The molecule has 0 radical (unpaired) electrons. The van der Waals surface area contributed by atoms with Crippen molar-refractivity contribution in [1.82, 2.24) is 0 Å². The van der Waals surface area contributed by atoms with E-state index in [1.807, 2.05) is 0 Å². The van der Waals surface area contributed by atoms with Crippen LogP contribution in [-0.4, -0.2) is 17.3 Å². The van der Waals surface area contributed by atoms with Crippen molar-refractivity contribution in [2.45, 2.75) is 8.35 Å². The third kappa shape index (κ3) is 1.45. The molecular formula is C4H6IIn. The number of rotatable bonds is 0. The SMILES string of the molecule is [I][In]1[CH2]C=C[CH2]1. The molecule has 0 saturated heterocycles. The quantitative estimate of drug-likeness (QED) is 0.474. The molecule has 0 saturated carbocycles. The van der Waals surface area contributed by atoms with Gasteiger partial charge in [0.05, 0.1) is 0 Å². The molecule has 0 aliphatic carbocycles. The first kappa shape index (κ1) is 5.48. The minimum atomic E-state index is -0.751. The van der Waals surface area contributed by atoms with E-state index < -0.39 is 17.3 Å². The molecule has 2 heteroatoms. The average Bonchev–Trinajstić information content (AvgIpc) is 1.86. The molecule has 0 unspecified atom stereocenters. The number of hydrogen-bond donors (Lipinski definition) is 0. The molecule has 0 spiro atoms. The van der Waals surface area contributed by atoms with Crippen molar-refractivity contribution >= 4 is 35.4 Å².